The molecule has 1 heterocycles. The van der Waals surface area contributed by atoms with E-state index in [0.29, 0.717) is 22.0 Å². The Hall–Kier alpha value is -2.12. The number of hydrogen-bond acceptors (Lipinski definition) is 3. The normalized spacial score (nSPS) is 16.8. The summed E-state index contributed by atoms with van der Waals surface area (Å²) in [5.41, 5.74) is 3.75. The Morgan fingerprint density at radius 2 is 2.12 bits per heavy atom. The monoisotopic (exact) mass is 352 g/mol. The van der Waals surface area contributed by atoms with E-state index in [-0.39, 0.29) is 11.3 Å². The number of hydrogen-bond donors (Lipinski definition) is 1. The molecule has 2 aromatic rings. The van der Waals surface area contributed by atoms with Crippen LogP contribution in [0.2, 0.25) is 0 Å². The van der Waals surface area contributed by atoms with E-state index in [1.165, 1.54) is 4.88 Å². The maximum Gasteiger partial charge on any atom is 0.256 e. The van der Waals surface area contributed by atoms with Gasteiger partial charge in [0.2, 0.25) is 0 Å². The number of nitrogens with zero attached hydrogens (tertiary/aromatic N) is 1. The summed E-state index contributed by atoms with van der Waals surface area (Å²) in [6.07, 6.45) is 3.03. The highest BCUT2D eigenvalue weighted by atomic mass is 32.1. The van der Waals surface area contributed by atoms with Crippen molar-refractivity contribution in [3.63, 3.8) is 0 Å². The molecule has 1 aliphatic carbocycles. The molecule has 1 aromatic carbocycles. The lowest BCUT2D eigenvalue weighted by Gasteiger charge is -2.33. The first-order chi connectivity index (χ1) is 11.8. The molecule has 0 unspecified atom stereocenters. The van der Waals surface area contributed by atoms with E-state index in [1.54, 1.807) is 17.4 Å². The topological polar surface area (TPSA) is 52.9 Å². The quantitative estimate of drug-likeness (QED) is 0.794. The molecule has 3 nitrogen and oxygen atoms in total. The SMILES string of the molecule is Cc1cccc(C(=O)Nc2sc3c(c2C#N)CC[C@H](C(C)(C)C)C3)c1. The summed E-state index contributed by atoms with van der Waals surface area (Å²) in [7, 11) is 0. The number of anilines is 1. The Morgan fingerprint density at radius 3 is 2.76 bits per heavy atom. The van der Waals surface area contributed by atoms with Gasteiger partial charge in [-0.1, -0.05) is 38.5 Å². The molecule has 0 bridgehead atoms. The molecule has 3 rings (SSSR count). The summed E-state index contributed by atoms with van der Waals surface area (Å²) in [4.78, 5) is 13.8. The van der Waals surface area contributed by atoms with Crippen molar-refractivity contribution in [3.8, 4) is 6.07 Å². The highest BCUT2D eigenvalue weighted by molar-refractivity contribution is 7.16. The fourth-order valence-corrected chi connectivity index (χ4v) is 4.77. The minimum absolute atomic E-state index is 0.147. The molecule has 130 valence electrons. The first-order valence-corrected chi connectivity index (χ1v) is 9.54. The lowest BCUT2D eigenvalue weighted by molar-refractivity contribution is 0.102. The Labute approximate surface area is 153 Å². The fraction of sp³-hybridized carbons (Fsp3) is 0.429. The summed E-state index contributed by atoms with van der Waals surface area (Å²) >= 11 is 1.58. The second-order valence-electron chi connectivity index (χ2n) is 7.95. The van der Waals surface area contributed by atoms with Gasteiger partial charge in [-0.3, -0.25) is 4.79 Å². The first kappa shape index (κ1) is 17.7. The largest absolute Gasteiger partial charge is 0.312 e. The zero-order chi connectivity index (χ0) is 18.2. The standard InChI is InChI=1S/C21H24N2OS/c1-13-6-5-7-14(10-13)19(24)23-20-17(12-22)16-9-8-15(21(2,3)4)11-18(16)25-20/h5-7,10,15H,8-9,11H2,1-4H3,(H,23,24)/t15-/m0/s1. The number of carbonyl (C=O) groups is 1. The van der Waals surface area contributed by atoms with Gasteiger partial charge < -0.3 is 5.32 Å². The van der Waals surface area contributed by atoms with Crippen LogP contribution in [-0.4, -0.2) is 5.91 Å². The van der Waals surface area contributed by atoms with Gasteiger partial charge in [0.05, 0.1) is 5.56 Å². The van der Waals surface area contributed by atoms with Crippen molar-refractivity contribution >= 4 is 22.2 Å². The predicted octanol–water partition coefficient (Wildman–Crippen LogP) is 5.33. The van der Waals surface area contributed by atoms with Crippen LogP contribution in [0.25, 0.3) is 0 Å². The van der Waals surface area contributed by atoms with E-state index in [1.807, 2.05) is 25.1 Å². The molecule has 4 heteroatoms. The van der Waals surface area contributed by atoms with E-state index in [2.05, 4.69) is 32.2 Å². The Morgan fingerprint density at radius 1 is 1.36 bits per heavy atom. The van der Waals surface area contributed by atoms with Crippen molar-refractivity contribution < 1.29 is 4.79 Å². The number of nitriles is 1. The number of aryl methyl sites for hydroxylation is 1. The molecule has 1 N–H and O–H groups in total. The van der Waals surface area contributed by atoms with Crippen LogP contribution in [0.15, 0.2) is 24.3 Å². The van der Waals surface area contributed by atoms with E-state index < -0.39 is 0 Å². The van der Waals surface area contributed by atoms with Crippen LogP contribution in [-0.2, 0) is 12.8 Å². The third kappa shape index (κ3) is 3.62. The molecule has 0 fully saturated rings. The van der Waals surface area contributed by atoms with Crippen LogP contribution >= 0.6 is 11.3 Å². The third-order valence-corrected chi connectivity index (χ3v) is 6.28. The molecular weight excluding hydrogens is 328 g/mol. The maximum atomic E-state index is 12.6. The van der Waals surface area contributed by atoms with Gasteiger partial charge in [0.15, 0.2) is 0 Å². The average Bonchev–Trinajstić information content (AvgIpc) is 2.90. The summed E-state index contributed by atoms with van der Waals surface area (Å²) in [6.45, 7) is 8.81. The van der Waals surface area contributed by atoms with Gasteiger partial charge >= 0.3 is 0 Å². The molecular formula is C21H24N2OS. The number of rotatable bonds is 2. The third-order valence-electron chi connectivity index (χ3n) is 5.11. The van der Waals surface area contributed by atoms with Crippen LogP contribution < -0.4 is 5.32 Å². The molecule has 0 radical (unpaired) electrons. The number of thiophene rings is 1. The Kier molecular flexibility index (Phi) is 4.71. The summed E-state index contributed by atoms with van der Waals surface area (Å²) in [5.74, 6) is 0.469. The zero-order valence-corrected chi connectivity index (χ0v) is 16.1. The van der Waals surface area contributed by atoms with E-state index in [9.17, 15) is 10.1 Å². The van der Waals surface area contributed by atoms with Gasteiger partial charge in [-0.25, -0.2) is 0 Å². The van der Waals surface area contributed by atoms with Crippen molar-refractivity contribution in [3.05, 3.63) is 51.4 Å². The van der Waals surface area contributed by atoms with Gasteiger partial charge in [0.25, 0.3) is 5.91 Å². The molecule has 1 aromatic heterocycles. The van der Waals surface area contributed by atoms with E-state index >= 15 is 0 Å². The summed E-state index contributed by atoms with van der Waals surface area (Å²) in [6, 6.07) is 9.83. The van der Waals surface area contributed by atoms with Gasteiger partial charge in [0, 0.05) is 10.4 Å². The van der Waals surface area contributed by atoms with Crippen molar-refractivity contribution in [2.45, 2.75) is 47.0 Å². The number of amides is 1. The molecule has 0 spiro atoms. The van der Waals surface area contributed by atoms with Gasteiger partial charge in [-0.15, -0.1) is 11.3 Å². The molecule has 1 atom stereocenters. The second-order valence-corrected chi connectivity index (χ2v) is 9.05. The van der Waals surface area contributed by atoms with Crippen molar-refractivity contribution in [1.29, 1.82) is 5.26 Å². The number of benzene rings is 1. The van der Waals surface area contributed by atoms with Crippen molar-refractivity contribution in [1.82, 2.24) is 0 Å². The van der Waals surface area contributed by atoms with Crippen LogP contribution in [0.1, 0.15) is 59.1 Å². The lowest BCUT2D eigenvalue weighted by atomic mass is 9.72. The number of fused-ring (bicyclic) bond motifs is 1. The summed E-state index contributed by atoms with van der Waals surface area (Å²) < 4.78 is 0. The van der Waals surface area contributed by atoms with E-state index in [4.69, 9.17) is 0 Å². The zero-order valence-electron chi connectivity index (χ0n) is 15.3. The summed E-state index contributed by atoms with van der Waals surface area (Å²) in [5, 5.41) is 13.3. The van der Waals surface area contributed by atoms with Crippen LogP contribution in [0.4, 0.5) is 5.00 Å². The average molecular weight is 353 g/mol. The molecule has 25 heavy (non-hydrogen) atoms. The highest BCUT2D eigenvalue weighted by Gasteiger charge is 2.32. The molecule has 1 aliphatic rings. The van der Waals surface area contributed by atoms with Crippen molar-refractivity contribution in [2.24, 2.45) is 11.3 Å². The van der Waals surface area contributed by atoms with Crippen LogP contribution in [0.5, 0.6) is 0 Å². The second kappa shape index (κ2) is 6.65. The fourth-order valence-electron chi connectivity index (χ4n) is 3.49. The number of carbonyl (C=O) groups excluding carboxylic acids is 1. The highest BCUT2D eigenvalue weighted by Crippen LogP contribution is 2.44. The Bertz CT molecular complexity index is 852. The molecule has 0 saturated carbocycles. The maximum absolute atomic E-state index is 12.6. The smallest absolute Gasteiger partial charge is 0.256 e. The van der Waals surface area contributed by atoms with Gasteiger partial charge in [-0.05, 0) is 55.2 Å². The van der Waals surface area contributed by atoms with E-state index in [0.717, 1.165) is 30.4 Å². The lowest BCUT2D eigenvalue weighted by Crippen LogP contribution is -2.26. The Balaban J connectivity index is 1.88. The minimum Gasteiger partial charge on any atom is -0.312 e. The van der Waals surface area contributed by atoms with Crippen LogP contribution in [0, 0.1) is 29.6 Å². The minimum atomic E-state index is -0.147. The predicted molar refractivity (Wildman–Crippen MR) is 103 cm³/mol. The van der Waals surface area contributed by atoms with Crippen LogP contribution in [0.3, 0.4) is 0 Å². The molecule has 0 saturated heterocycles. The number of nitrogens with one attached hydrogen (secondary N) is 1. The van der Waals surface area contributed by atoms with Gasteiger partial charge in [0.1, 0.15) is 11.1 Å². The first-order valence-electron chi connectivity index (χ1n) is 8.72. The molecule has 1 amide bonds. The van der Waals surface area contributed by atoms with Crippen molar-refractivity contribution in [2.75, 3.05) is 5.32 Å². The molecule has 0 aliphatic heterocycles. The van der Waals surface area contributed by atoms with Gasteiger partial charge in [-0.2, -0.15) is 5.26 Å².